The highest BCUT2D eigenvalue weighted by Crippen LogP contribution is 2.31. The Morgan fingerprint density at radius 3 is 2.37 bits per heavy atom. The van der Waals surface area contributed by atoms with Gasteiger partial charge in [-0.15, -0.1) is 0 Å². The molecule has 5 unspecified atom stereocenters. The van der Waals surface area contributed by atoms with E-state index in [-0.39, 0.29) is 24.0 Å². The van der Waals surface area contributed by atoms with E-state index in [0.29, 0.717) is 12.0 Å². The van der Waals surface area contributed by atoms with E-state index in [2.05, 4.69) is 17.6 Å². The van der Waals surface area contributed by atoms with Crippen molar-refractivity contribution in [3.05, 3.63) is 0 Å². The Labute approximate surface area is 112 Å². The van der Waals surface area contributed by atoms with Gasteiger partial charge >= 0.3 is 6.03 Å². The van der Waals surface area contributed by atoms with Crippen molar-refractivity contribution in [3.8, 4) is 0 Å². The molecule has 3 saturated heterocycles. The van der Waals surface area contributed by atoms with Gasteiger partial charge in [-0.3, -0.25) is 10.1 Å². The molecule has 2 N–H and O–H groups in total. The molecule has 0 aromatic heterocycles. The summed E-state index contributed by atoms with van der Waals surface area (Å²) in [5.74, 6) is 0.430. The summed E-state index contributed by atoms with van der Waals surface area (Å²) in [6, 6.07) is -0.783. The van der Waals surface area contributed by atoms with Crippen molar-refractivity contribution in [2.45, 2.75) is 44.4 Å². The maximum Gasteiger partial charge on any atom is 0.322 e. The maximum absolute atomic E-state index is 11.8. The monoisotopic (exact) mass is 268 g/mol. The predicted octanol–water partition coefficient (Wildman–Crippen LogP) is 0.415. The Kier molecular flexibility index (Phi) is 3.45. The quantitative estimate of drug-likeness (QED) is 0.517. The lowest BCUT2D eigenvalue weighted by molar-refractivity contribution is -0.121. The number of hydrogen-bond donors (Lipinski definition) is 2. The smallest absolute Gasteiger partial charge is 0.322 e. The molecule has 19 heavy (non-hydrogen) atoms. The number of carbonyl (C=O) groups is 2. The first-order chi connectivity index (χ1) is 9.11. The van der Waals surface area contributed by atoms with E-state index >= 15 is 0 Å². The Balaban J connectivity index is 1.58. The van der Waals surface area contributed by atoms with Gasteiger partial charge < -0.3 is 14.8 Å². The van der Waals surface area contributed by atoms with E-state index in [1.807, 2.05) is 0 Å². The number of amides is 3. The second-order valence-corrected chi connectivity index (χ2v) is 5.92. The minimum atomic E-state index is -0.403. The maximum atomic E-state index is 11.8. The zero-order valence-electron chi connectivity index (χ0n) is 11.1. The zero-order valence-corrected chi connectivity index (χ0v) is 11.1. The SMILES string of the molecule is CC(CC1CO1)CC(CC1CO1)C1NC(=O)NC1=O. The highest BCUT2D eigenvalue weighted by Gasteiger charge is 2.40. The summed E-state index contributed by atoms with van der Waals surface area (Å²) in [5, 5.41) is 5.04. The molecule has 0 aromatic carbocycles. The Morgan fingerprint density at radius 2 is 1.84 bits per heavy atom. The van der Waals surface area contributed by atoms with Crippen LogP contribution in [0.4, 0.5) is 4.79 Å². The molecule has 6 nitrogen and oxygen atoms in total. The summed E-state index contributed by atoms with van der Waals surface area (Å²) in [6.07, 6.45) is 3.45. The van der Waals surface area contributed by atoms with Crippen LogP contribution in [0.5, 0.6) is 0 Å². The summed E-state index contributed by atoms with van der Waals surface area (Å²) in [4.78, 5) is 23.0. The molecule has 6 heteroatoms. The Hall–Kier alpha value is -1.14. The normalized spacial score (nSPS) is 35.5. The number of urea groups is 1. The van der Waals surface area contributed by atoms with Gasteiger partial charge in [0.05, 0.1) is 25.4 Å². The van der Waals surface area contributed by atoms with Crippen molar-refractivity contribution in [2.75, 3.05) is 13.2 Å². The van der Waals surface area contributed by atoms with Crippen LogP contribution in [0.1, 0.15) is 26.2 Å². The number of ether oxygens (including phenoxy) is 2. The highest BCUT2D eigenvalue weighted by atomic mass is 16.6. The Morgan fingerprint density at radius 1 is 1.21 bits per heavy atom. The standard InChI is InChI=1S/C13H20N2O4/c1-7(3-9-5-18-9)2-8(4-10-6-19-10)11-12(16)15-13(17)14-11/h7-11H,2-6H2,1H3,(H2,14,15,16,17). The lowest BCUT2D eigenvalue weighted by Crippen LogP contribution is -2.38. The second kappa shape index (κ2) is 5.09. The molecule has 0 spiro atoms. The molecule has 106 valence electrons. The van der Waals surface area contributed by atoms with E-state index in [1.54, 1.807) is 0 Å². The lowest BCUT2D eigenvalue weighted by Gasteiger charge is -2.23. The highest BCUT2D eigenvalue weighted by molar-refractivity contribution is 6.04. The third-order valence-corrected chi connectivity index (χ3v) is 4.02. The fourth-order valence-corrected chi connectivity index (χ4v) is 2.94. The van der Waals surface area contributed by atoms with E-state index in [9.17, 15) is 9.59 Å². The van der Waals surface area contributed by atoms with Crippen molar-refractivity contribution in [1.82, 2.24) is 10.6 Å². The Bertz CT molecular complexity index is 379. The largest absolute Gasteiger partial charge is 0.373 e. The molecule has 3 aliphatic heterocycles. The molecule has 0 radical (unpaired) electrons. The minimum Gasteiger partial charge on any atom is -0.373 e. The number of nitrogens with one attached hydrogen (secondary N) is 2. The number of hydrogen-bond acceptors (Lipinski definition) is 4. The van der Waals surface area contributed by atoms with Gasteiger partial charge in [0.15, 0.2) is 0 Å². The molecule has 3 amide bonds. The molecule has 5 atom stereocenters. The first-order valence-electron chi connectivity index (χ1n) is 6.96. The van der Waals surface area contributed by atoms with E-state index in [4.69, 9.17) is 9.47 Å². The van der Waals surface area contributed by atoms with Crippen molar-refractivity contribution in [3.63, 3.8) is 0 Å². The second-order valence-electron chi connectivity index (χ2n) is 5.92. The molecule has 3 aliphatic rings. The number of rotatable bonds is 7. The van der Waals surface area contributed by atoms with Crippen molar-refractivity contribution < 1.29 is 19.1 Å². The topological polar surface area (TPSA) is 83.3 Å². The first-order valence-corrected chi connectivity index (χ1v) is 6.96. The molecule has 0 bridgehead atoms. The van der Waals surface area contributed by atoms with Crippen LogP contribution in [0.15, 0.2) is 0 Å². The lowest BCUT2D eigenvalue weighted by atomic mass is 9.84. The van der Waals surface area contributed by atoms with Crippen molar-refractivity contribution >= 4 is 11.9 Å². The van der Waals surface area contributed by atoms with E-state index in [0.717, 1.165) is 32.5 Å². The minimum absolute atomic E-state index is 0.146. The summed E-state index contributed by atoms with van der Waals surface area (Å²) in [7, 11) is 0. The number of epoxide rings is 2. The van der Waals surface area contributed by atoms with Crippen LogP contribution in [0.2, 0.25) is 0 Å². The van der Waals surface area contributed by atoms with Crippen molar-refractivity contribution in [1.29, 1.82) is 0 Å². The fraction of sp³-hybridized carbons (Fsp3) is 0.846. The molecular weight excluding hydrogens is 248 g/mol. The van der Waals surface area contributed by atoms with E-state index < -0.39 is 6.04 Å². The van der Waals surface area contributed by atoms with Gasteiger partial charge in [-0.1, -0.05) is 6.92 Å². The average molecular weight is 268 g/mol. The molecule has 3 fully saturated rings. The summed E-state index contributed by atoms with van der Waals surface area (Å²) < 4.78 is 10.5. The van der Waals surface area contributed by atoms with Gasteiger partial charge in [-0.25, -0.2) is 4.79 Å². The third-order valence-electron chi connectivity index (χ3n) is 4.02. The fourth-order valence-electron chi connectivity index (χ4n) is 2.94. The predicted molar refractivity (Wildman–Crippen MR) is 66.4 cm³/mol. The van der Waals surface area contributed by atoms with Gasteiger partial charge in [0.25, 0.3) is 5.91 Å². The average Bonchev–Trinajstić information content (AvgIpc) is 3.22. The van der Waals surface area contributed by atoms with Crippen LogP contribution in [0, 0.1) is 11.8 Å². The van der Waals surface area contributed by atoms with Crippen LogP contribution in [-0.4, -0.2) is 43.4 Å². The molecule has 0 aliphatic carbocycles. The van der Waals surface area contributed by atoms with Crippen LogP contribution in [0.25, 0.3) is 0 Å². The van der Waals surface area contributed by atoms with Crippen LogP contribution >= 0.6 is 0 Å². The molecular formula is C13H20N2O4. The number of carbonyl (C=O) groups excluding carboxylic acids is 2. The summed E-state index contributed by atoms with van der Waals surface area (Å²) in [5.41, 5.74) is 0. The van der Waals surface area contributed by atoms with Gasteiger partial charge in [0.2, 0.25) is 0 Å². The molecule has 3 rings (SSSR count). The first kappa shape index (κ1) is 12.9. The molecule has 0 saturated carbocycles. The van der Waals surface area contributed by atoms with Gasteiger partial charge in [-0.2, -0.15) is 0 Å². The summed E-state index contributed by atoms with van der Waals surface area (Å²) >= 11 is 0. The van der Waals surface area contributed by atoms with Gasteiger partial charge in [-0.05, 0) is 31.1 Å². The van der Waals surface area contributed by atoms with Gasteiger partial charge in [0, 0.05) is 0 Å². The summed E-state index contributed by atoms with van der Waals surface area (Å²) in [6.45, 7) is 3.82. The van der Waals surface area contributed by atoms with Crippen LogP contribution in [-0.2, 0) is 14.3 Å². The van der Waals surface area contributed by atoms with Crippen LogP contribution in [0.3, 0.4) is 0 Å². The number of imide groups is 1. The molecule has 0 aromatic rings. The van der Waals surface area contributed by atoms with Crippen molar-refractivity contribution in [2.24, 2.45) is 11.8 Å². The molecule has 3 heterocycles. The van der Waals surface area contributed by atoms with Crippen LogP contribution < -0.4 is 10.6 Å². The third kappa shape index (κ3) is 3.45. The van der Waals surface area contributed by atoms with E-state index in [1.165, 1.54) is 0 Å². The zero-order chi connectivity index (χ0) is 13.4. The van der Waals surface area contributed by atoms with Gasteiger partial charge in [0.1, 0.15) is 6.04 Å².